The quantitative estimate of drug-likeness (QED) is 0.839. The van der Waals surface area contributed by atoms with Crippen molar-refractivity contribution in [2.24, 2.45) is 0 Å². The fourth-order valence-electron chi connectivity index (χ4n) is 2.13. The second-order valence-corrected chi connectivity index (χ2v) is 6.22. The molecule has 0 saturated heterocycles. The molecule has 1 aliphatic heterocycles. The van der Waals surface area contributed by atoms with Crippen LogP contribution in [0.2, 0.25) is 0 Å². The van der Waals surface area contributed by atoms with Crippen LogP contribution in [-0.2, 0) is 14.6 Å². The molecule has 1 aromatic carbocycles. The van der Waals surface area contributed by atoms with Crippen LogP contribution in [0.4, 0.5) is 5.69 Å². The number of methoxy groups -OCH3 is 1. The Bertz CT molecular complexity index is 621. The number of para-hydroxylation sites is 2. The number of carbonyl (C=O) groups is 1. The van der Waals surface area contributed by atoms with E-state index in [4.69, 9.17) is 4.74 Å². The Hall–Kier alpha value is -1.82. The molecule has 1 heterocycles. The van der Waals surface area contributed by atoms with Gasteiger partial charge in [-0.3, -0.25) is 4.79 Å². The van der Waals surface area contributed by atoms with Crippen LogP contribution < -0.4 is 9.64 Å². The molecule has 6 heteroatoms. The molecule has 19 heavy (non-hydrogen) atoms. The van der Waals surface area contributed by atoms with Crippen LogP contribution in [0.3, 0.4) is 0 Å². The van der Waals surface area contributed by atoms with E-state index < -0.39 is 15.9 Å². The summed E-state index contributed by atoms with van der Waals surface area (Å²) < 4.78 is 28.2. The lowest BCUT2D eigenvalue weighted by molar-refractivity contribution is -0.116. The molecule has 102 valence electrons. The van der Waals surface area contributed by atoms with Crippen LogP contribution in [0.1, 0.15) is 6.92 Å². The second-order valence-electron chi connectivity index (χ2n) is 4.29. The maximum Gasteiger partial charge on any atom is 0.224 e. The summed E-state index contributed by atoms with van der Waals surface area (Å²) in [6.45, 7) is 1.41. The van der Waals surface area contributed by atoms with E-state index in [2.05, 4.69) is 0 Å². The number of carbonyl (C=O) groups excluding carboxylic acids is 1. The van der Waals surface area contributed by atoms with E-state index in [0.717, 1.165) is 5.41 Å². The molecule has 0 radical (unpaired) electrons. The number of sulfone groups is 1. The molecule has 0 saturated carbocycles. The SMILES string of the molecule is COc1ccccc1N(C(C)=O)[C@H]1C=CS(=O)(=O)C1. The Morgan fingerprint density at radius 1 is 1.37 bits per heavy atom. The predicted molar refractivity (Wildman–Crippen MR) is 72.9 cm³/mol. The molecule has 0 unspecified atom stereocenters. The third-order valence-electron chi connectivity index (χ3n) is 2.93. The lowest BCUT2D eigenvalue weighted by Gasteiger charge is -2.27. The highest BCUT2D eigenvalue weighted by Crippen LogP contribution is 2.31. The van der Waals surface area contributed by atoms with Crippen molar-refractivity contribution in [2.75, 3.05) is 17.8 Å². The largest absolute Gasteiger partial charge is 0.495 e. The van der Waals surface area contributed by atoms with Gasteiger partial charge in [0.05, 0.1) is 24.6 Å². The summed E-state index contributed by atoms with van der Waals surface area (Å²) in [6.07, 6.45) is 1.53. The molecule has 1 aliphatic rings. The lowest BCUT2D eigenvalue weighted by atomic mass is 10.2. The first-order chi connectivity index (χ1) is 8.94. The minimum Gasteiger partial charge on any atom is -0.495 e. The van der Waals surface area contributed by atoms with Crippen molar-refractivity contribution >= 4 is 21.4 Å². The number of hydrogen-bond acceptors (Lipinski definition) is 4. The van der Waals surface area contributed by atoms with Gasteiger partial charge in [0.15, 0.2) is 9.84 Å². The van der Waals surface area contributed by atoms with Crippen LogP contribution in [0.25, 0.3) is 0 Å². The first-order valence-corrected chi connectivity index (χ1v) is 7.50. The van der Waals surface area contributed by atoms with Gasteiger partial charge < -0.3 is 9.64 Å². The van der Waals surface area contributed by atoms with Crippen LogP contribution in [-0.4, -0.2) is 33.2 Å². The van der Waals surface area contributed by atoms with Crippen molar-refractivity contribution in [1.82, 2.24) is 0 Å². The zero-order valence-corrected chi connectivity index (χ0v) is 11.6. The highest BCUT2D eigenvalue weighted by molar-refractivity contribution is 7.94. The topological polar surface area (TPSA) is 63.7 Å². The highest BCUT2D eigenvalue weighted by Gasteiger charge is 2.31. The molecule has 1 amide bonds. The fraction of sp³-hybridized carbons (Fsp3) is 0.308. The Kier molecular flexibility index (Phi) is 3.61. The Morgan fingerprint density at radius 3 is 2.58 bits per heavy atom. The van der Waals surface area contributed by atoms with E-state index in [9.17, 15) is 13.2 Å². The average Bonchev–Trinajstić information content (AvgIpc) is 2.70. The van der Waals surface area contributed by atoms with Gasteiger partial charge >= 0.3 is 0 Å². The minimum absolute atomic E-state index is 0.0926. The van der Waals surface area contributed by atoms with Crippen LogP contribution in [0, 0.1) is 0 Å². The van der Waals surface area contributed by atoms with Crippen molar-refractivity contribution in [3.05, 3.63) is 35.7 Å². The lowest BCUT2D eigenvalue weighted by Crippen LogP contribution is -2.40. The zero-order valence-electron chi connectivity index (χ0n) is 10.7. The van der Waals surface area contributed by atoms with Gasteiger partial charge in [0.1, 0.15) is 5.75 Å². The molecule has 0 fully saturated rings. The van der Waals surface area contributed by atoms with Gasteiger partial charge in [-0.25, -0.2) is 8.42 Å². The second kappa shape index (κ2) is 5.05. The third-order valence-corrected chi connectivity index (χ3v) is 4.30. The van der Waals surface area contributed by atoms with E-state index in [0.29, 0.717) is 11.4 Å². The fourth-order valence-corrected chi connectivity index (χ4v) is 3.40. The molecular formula is C13H15NO4S. The Balaban J connectivity index is 2.42. The molecule has 2 rings (SSSR count). The van der Waals surface area contributed by atoms with E-state index in [-0.39, 0.29) is 11.7 Å². The number of ether oxygens (including phenoxy) is 1. The number of anilines is 1. The number of benzene rings is 1. The van der Waals surface area contributed by atoms with Crippen molar-refractivity contribution in [3.8, 4) is 5.75 Å². The van der Waals surface area contributed by atoms with Gasteiger partial charge in [-0.1, -0.05) is 12.1 Å². The summed E-state index contributed by atoms with van der Waals surface area (Å²) in [7, 11) is -1.70. The summed E-state index contributed by atoms with van der Waals surface area (Å²) in [5, 5.41) is 1.16. The van der Waals surface area contributed by atoms with Gasteiger partial charge in [0.25, 0.3) is 0 Å². The normalized spacial score (nSPS) is 20.2. The summed E-state index contributed by atoms with van der Waals surface area (Å²) in [6, 6.07) is 6.55. The number of rotatable bonds is 3. The van der Waals surface area contributed by atoms with E-state index in [1.165, 1.54) is 25.0 Å². The molecular weight excluding hydrogens is 266 g/mol. The molecule has 5 nitrogen and oxygen atoms in total. The number of amides is 1. The first-order valence-electron chi connectivity index (χ1n) is 5.78. The first kappa shape index (κ1) is 13.6. The zero-order chi connectivity index (χ0) is 14.0. The molecule has 1 atom stereocenters. The van der Waals surface area contributed by atoms with Crippen LogP contribution in [0.5, 0.6) is 5.75 Å². The number of nitrogens with zero attached hydrogens (tertiary/aromatic N) is 1. The number of hydrogen-bond donors (Lipinski definition) is 0. The van der Waals surface area contributed by atoms with Crippen molar-refractivity contribution in [2.45, 2.75) is 13.0 Å². The third kappa shape index (κ3) is 2.78. The summed E-state index contributed by atoms with van der Waals surface area (Å²) >= 11 is 0. The van der Waals surface area contributed by atoms with Gasteiger partial charge in [-0.2, -0.15) is 0 Å². The Labute approximate surface area is 112 Å². The van der Waals surface area contributed by atoms with Crippen molar-refractivity contribution in [1.29, 1.82) is 0 Å². The van der Waals surface area contributed by atoms with Gasteiger partial charge in [0.2, 0.25) is 5.91 Å². The molecule has 0 spiro atoms. The summed E-state index contributed by atoms with van der Waals surface area (Å²) in [4.78, 5) is 13.3. The molecule has 0 bridgehead atoms. The molecule has 0 aromatic heterocycles. The van der Waals surface area contributed by atoms with E-state index in [1.54, 1.807) is 24.3 Å². The van der Waals surface area contributed by atoms with Gasteiger partial charge in [-0.15, -0.1) is 0 Å². The van der Waals surface area contributed by atoms with Gasteiger partial charge in [0, 0.05) is 12.3 Å². The van der Waals surface area contributed by atoms with Crippen LogP contribution >= 0.6 is 0 Å². The van der Waals surface area contributed by atoms with Crippen molar-refractivity contribution < 1.29 is 17.9 Å². The minimum atomic E-state index is -3.22. The molecule has 0 aliphatic carbocycles. The average molecular weight is 281 g/mol. The van der Waals surface area contributed by atoms with Gasteiger partial charge in [-0.05, 0) is 18.2 Å². The standard InChI is InChI=1S/C13H15NO4S/c1-10(15)14(11-7-8-19(16,17)9-11)12-5-3-4-6-13(12)18-2/h3-8,11H,9H2,1-2H3/t11-/m0/s1. The summed E-state index contributed by atoms with van der Waals surface area (Å²) in [5.74, 6) is 0.219. The van der Waals surface area contributed by atoms with E-state index >= 15 is 0 Å². The molecule has 1 aromatic rings. The maximum absolute atomic E-state index is 11.9. The smallest absolute Gasteiger partial charge is 0.224 e. The van der Waals surface area contributed by atoms with Crippen molar-refractivity contribution in [3.63, 3.8) is 0 Å². The molecule has 0 N–H and O–H groups in total. The predicted octanol–water partition coefficient (Wildman–Crippen LogP) is 1.36. The maximum atomic E-state index is 11.9. The van der Waals surface area contributed by atoms with E-state index in [1.807, 2.05) is 0 Å². The summed E-state index contributed by atoms with van der Waals surface area (Å²) in [5.41, 5.74) is 0.573. The van der Waals surface area contributed by atoms with Crippen LogP contribution in [0.15, 0.2) is 35.7 Å². The monoisotopic (exact) mass is 281 g/mol. The highest BCUT2D eigenvalue weighted by atomic mass is 32.2. The Morgan fingerprint density at radius 2 is 2.05 bits per heavy atom.